The third-order valence-electron chi connectivity index (χ3n) is 3.59. The van der Waals surface area contributed by atoms with Crippen molar-refractivity contribution in [2.75, 3.05) is 13.7 Å². The molecule has 0 aromatic heterocycles. The highest BCUT2D eigenvalue weighted by molar-refractivity contribution is 5.86. The van der Waals surface area contributed by atoms with Crippen molar-refractivity contribution in [3.05, 3.63) is 35.4 Å². The van der Waals surface area contributed by atoms with Gasteiger partial charge in [0.2, 0.25) is 5.91 Å². The maximum absolute atomic E-state index is 12.3. The van der Waals surface area contributed by atoms with Crippen LogP contribution in [0.2, 0.25) is 0 Å². The van der Waals surface area contributed by atoms with Crippen molar-refractivity contribution < 1.29 is 14.3 Å². The van der Waals surface area contributed by atoms with Crippen LogP contribution in [0.1, 0.15) is 31.0 Å². The Morgan fingerprint density at radius 3 is 2.52 bits per heavy atom. The average Bonchev–Trinajstić information content (AvgIpc) is 2.42. The smallest absolute Gasteiger partial charge is 0.251 e. The van der Waals surface area contributed by atoms with Gasteiger partial charge in [-0.15, -0.1) is 0 Å². The maximum Gasteiger partial charge on any atom is 0.251 e. The molecule has 0 radical (unpaired) electrons. The lowest BCUT2D eigenvalue weighted by Gasteiger charge is -2.38. The number of aryl methyl sites for hydroxylation is 1. The van der Waals surface area contributed by atoms with Crippen LogP contribution >= 0.6 is 0 Å². The third-order valence-corrected chi connectivity index (χ3v) is 3.59. The molecular formula is C16H22N2O3. The van der Waals surface area contributed by atoms with E-state index in [0.717, 1.165) is 11.1 Å². The maximum atomic E-state index is 12.3. The van der Waals surface area contributed by atoms with Crippen LogP contribution in [-0.4, -0.2) is 42.5 Å². The summed E-state index contributed by atoms with van der Waals surface area (Å²) in [7, 11) is 1.71. The first-order valence-electron chi connectivity index (χ1n) is 7.14. The summed E-state index contributed by atoms with van der Waals surface area (Å²) in [5.41, 5.74) is 2.03. The second-order valence-corrected chi connectivity index (χ2v) is 5.76. The van der Waals surface area contributed by atoms with Gasteiger partial charge in [-0.1, -0.05) is 29.8 Å². The highest BCUT2D eigenvalue weighted by atomic mass is 16.5. The van der Waals surface area contributed by atoms with Crippen molar-refractivity contribution in [3.8, 4) is 0 Å². The Hall–Kier alpha value is -1.88. The van der Waals surface area contributed by atoms with Gasteiger partial charge in [0.1, 0.15) is 6.61 Å². The summed E-state index contributed by atoms with van der Waals surface area (Å²) in [6.45, 7) is 5.74. The Balaban J connectivity index is 2.31. The van der Waals surface area contributed by atoms with Gasteiger partial charge in [0.05, 0.1) is 6.04 Å². The number of hydrogen-bond donors (Lipinski definition) is 1. The van der Waals surface area contributed by atoms with Crippen LogP contribution in [0.15, 0.2) is 24.3 Å². The van der Waals surface area contributed by atoms with Crippen LogP contribution in [-0.2, 0) is 14.3 Å². The van der Waals surface area contributed by atoms with Crippen LogP contribution in [0.3, 0.4) is 0 Å². The van der Waals surface area contributed by atoms with E-state index in [9.17, 15) is 9.59 Å². The van der Waals surface area contributed by atoms with Crippen molar-refractivity contribution >= 4 is 11.8 Å². The molecule has 21 heavy (non-hydrogen) atoms. The van der Waals surface area contributed by atoms with Crippen molar-refractivity contribution in [1.29, 1.82) is 0 Å². The minimum absolute atomic E-state index is 0.0303. The molecule has 0 spiro atoms. The summed E-state index contributed by atoms with van der Waals surface area (Å²) < 4.78 is 5.52. The van der Waals surface area contributed by atoms with E-state index in [-0.39, 0.29) is 24.5 Å². The number of hydrogen-bond acceptors (Lipinski definition) is 3. The number of carbonyl (C=O) groups is 2. The molecule has 5 heteroatoms. The number of ether oxygens (including phenoxy) is 1. The lowest BCUT2D eigenvalue weighted by molar-refractivity contribution is -0.162. The highest BCUT2D eigenvalue weighted by Gasteiger charge is 2.40. The summed E-state index contributed by atoms with van der Waals surface area (Å²) in [5, 5.41) is 2.86. The molecule has 1 heterocycles. The van der Waals surface area contributed by atoms with Crippen molar-refractivity contribution in [1.82, 2.24) is 10.2 Å². The Morgan fingerprint density at radius 2 is 1.95 bits per heavy atom. The number of carbonyl (C=O) groups excluding carboxylic acids is 2. The van der Waals surface area contributed by atoms with E-state index in [4.69, 9.17) is 4.74 Å². The van der Waals surface area contributed by atoms with Gasteiger partial charge in [0.15, 0.2) is 6.10 Å². The van der Waals surface area contributed by atoms with Crippen molar-refractivity contribution in [2.24, 2.45) is 0 Å². The molecule has 1 aromatic rings. The number of benzene rings is 1. The van der Waals surface area contributed by atoms with Gasteiger partial charge in [-0.2, -0.15) is 0 Å². The lowest BCUT2D eigenvalue weighted by atomic mass is 9.96. The molecule has 5 nitrogen and oxygen atoms in total. The molecule has 1 aromatic carbocycles. The number of amides is 2. The standard InChI is InChI=1S/C16H22N2O3/c1-10(2)17-16(20)15-14(18(4)13(19)9-21-15)12-7-5-11(3)6-8-12/h5-8,10,14-15H,9H2,1-4H3,(H,17,20)/t14-,15+/m0/s1. The van der Waals surface area contributed by atoms with Gasteiger partial charge in [-0.25, -0.2) is 0 Å². The molecule has 1 aliphatic heterocycles. The summed E-state index contributed by atoms with van der Waals surface area (Å²) >= 11 is 0. The zero-order valence-corrected chi connectivity index (χ0v) is 12.9. The minimum atomic E-state index is -0.683. The quantitative estimate of drug-likeness (QED) is 0.916. The van der Waals surface area contributed by atoms with Crippen LogP contribution < -0.4 is 5.32 Å². The fourth-order valence-electron chi connectivity index (χ4n) is 2.46. The van der Waals surface area contributed by atoms with Crippen LogP contribution in [0.5, 0.6) is 0 Å². The first-order chi connectivity index (χ1) is 9.90. The predicted molar refractivity (Wildman–Crippen MR) is 79.7 cm³/mol. The van der Waals surface area contributed by atoms with Crippen molar-refractivity contribution in [2.45, 2.75) is 39.0 Å². The first kappa shape index (κ1) is 15.5. The average molecular weight is 290 g/mol. The lowest BCUT2D eigenvalue weighted by Crippen LogP contribution is -2.53. The molecule has 0 saturated carbocycles. The van der Waals surface area contributed by atoms with Gasteiger partial charge >= 0.3 is 0 Å². The molecule has 114 valence electrons. The molecule has 1 saturated heterocycles. The summed E-state index contributed by atoms with van der Waals surface area (Å²) in [5.74, 6) is -0.302. The fourth-order valence-corrected chi connectivity index (χ4v) is 2.46. The first-order valence-corrected chi connectivity index (χ1v) is 7.14. The highest BCUT2D eigenvalue weighted by Crippen LogP contribution is 2.29. The third kappa shape index (κ3) is 3.42. The number of likely N-dealkylation sites (N-methyl/N-ethyl adjacent to an activating group) is 1. The summed E-state index contributed by atoms with van der Waals surface area (Å²) in [6, 6.07) is 7.45. The Morgan fingerprint density at radius 1 is 1.33 bits per heavy atom. The van der Waals surface area contributed by atoms with E-state index in [2.05, 4.69) is 5.32 Å². The molecule has 1 fully saturated rings. The van der Waals surface area contributed by atoms with E-state index in [1.54, 1.807) is 11.9 Å². The van der Waals surface area contributed by atoms with Gasteiger partial charge < -0.3 is 15.0 Å². The zero-order valence-electron chi connectivity index (χ0n) is 12.9. The topological polar surface area (TPSA) is 58.6 Å². The van der Waals surface area contributed by atoms with Crippen LogP contribution in [0, 0.1) is 6.92 Å². The molecule has 1 aliphatic rings. The van der Waals surface area contributed by atoms with Gasteiger partial charge in [-0.05, 0) is 26.3 Å². The summed E-state index contributed by atoms with van der Waals surface area (Å²) in [6.07, 6.45) is -0.683. The number of nitrogens with zero attached hydrogens (tertiary/aromatic N) is 1. The van der Waals surface area contributed by atoms with E-state index >= 15 is 0 Å². The minimum Gasteiger partial charge on any atom is -0.356 e. The van der Waals surface area contributed by atoms with Gasteiger partial charge in [-0.3, -0.25) is 9.59 Å². The monoisotopic (exact) mass is 290 g/mol. The number of nitrogens with one attached hydrogen (secondary N) is 1. The largest absolute Gasteiger partial charge is 0.356 e. The van der Waals surface area contributed by atoms with Crippen LogP contribution in [0.25, 0.3) is 0 Å². The van der Waals surface area contributed by atoms with E-state index in [1.165, 1.54) is 0 Å². The second-order valence-electron chi connectivity index (χ2n) is 5.76. The molecule has 1 N–H and O–H groups in total. The molecule has 2 rings (SSSR count). The number of morpholine rings is 1. The van der Waals surface area contributed by atoms with Gasteiger partial charge in [0.25, 0.3) is 5.91 Å². The SMILES string of the molecule is Cc1ccc([C@H]2[C@H](C(=O)NC(C)C)OCC(=O)N2C)cc1. The van der Waals surface area contributed by atoms with Crippen LogP contribution in [0.4, 0.5) is 0 Å². The van der Waals surface area contributed by atoms with E-state index in [0.29, 0.717) is 0 Å². The Bertz CT molecular complexity index is 525. The zero-order chi connectivity index (χ0) is 15.6. The molecule has 2 atom stereocenters. The van der Waals surface area contributed by atoms with E-state index < -0.39 is 12.1 Å². The molecular weight excluding hydrogens is 268 g/mol. The summed E-state index contributed by atoms with van der Waals surface area (Å²) in [4.78, 5) is 25.8. The molecule has 0 bridgehead atoms. The van der Waals surface area contributed by atoms with Crippen molar-refractivity contribution in [3.63, 3.8) is 0 Å². The Labute approximate surface area is 125 Å². The predicted octanol–water partition coefficient (Wildman–Crippen LogP) is 1.42. The molecule has 0 aliphatic carbocycles. The Kier molecular flexibility index (Phi) is 4.63. The van der Waals surface area contributed by atoms with E-state index in [1.807, 2.05) is 45.0 Å². The molecule has 0 unspecified atom stereocenters. The fraction of sp³-hybridized carbons (Fsp3) is 0.500. The normalized spacial score (nSPS) is 22.5. The molecule has 2 amide bonds. The van der Waals surface area contributed by atoms with Gasteiger partial charge in [0, 0.05) is 13.1 Å². The number of rotatable bonds is 3. The second kappa shape index (κ2) is 6.26.